The molecular weight excluding hydrogens is 422 g/mol. The minimum atomic E-state index is -0.275. The van der Waals surface area contributed by atoms with Gasteiger partial charge in [-0.1, -0.05) is 49.0 Å². The molecule has 0 unspecified atom stereocenters. The normalized spacial score (nSPS) is 17.0. The fourth-order valence-corrected chi connectivity index (χ4v) is 4.95. The predicted octanol–water partition coefficient (Wildman–Crippen LogP) is 4.93. The molecule has 0 radical (unpaired) electrons. The molecule has 1 amide bonds. The predicted molar refractivity (Wildman–Crippen MR) is 136 cm³/mol. The number of rotatable bonds is 6. The summed E-state index contributed by atoms with van der Waals surface area (Å²) in [6.07, 6.45) is 8.31. The standard InChI is InChI=1S/C28H31N5O/c1-21(32-17-13-25(14-18-32)33-15-5-6-16-33)22-9-11-23(12-10-22)26-19-29-20-27(31-26)28(34)30-24-7-3-2-4-8-24/h2-4,7-12,19-20,25H,1,5-6,13-18H2,(H,30,34). The highest BCUT2D eigenvalue weighted by Gasteiger charge is 2.27. The van der Waals surface area contributed by atoms with Crippen LogP contribution in [0.3, 0.4) is 0 Å². The Balaban J connectivity index is 1.22. The topological polar surface area (TPSA) is 61.4 Å². The summed E-state index contributed by atoms with van der Waals surface area (Å²) in [6.45, 7) is 9.04. The summed E-state index contributed by atoms with van der Waals surface area (Å²) in [7, 11) is 0. The van der Waals surface area contributed by atoms with Crippen LogP contribution in [-0.4, -0.2) is 57.9 Å². The number of hydrogen-bond acceptors (Lipinski definition) is 5. The fraction of sp³-hybridized carbons (Fsp3) is 0.321. The Morgan fingerprint density at radius 3 is 2.32 bits per heavy atom. The minimum absolute atomic E-state index is 0.275. The van der Waals surface area contributed by atoms with E-state index < -0.39 is 0 Å². The smallest absolute Gasteiger partial charge is 0.275 e. The van der Waals surface area contributed by atoms with E-state index in [1.54, 1.807) is 6.20 Å². The average Bonchev–Trinajstić information content (AvgIpc) is 3.44. The van der Waals surface area contributed by atoms with Gasteiger partial charge in [-0.2, -0.15) is 0 Å². The number of nitrogens with one attached hydrogen (secondary N) is 1. The van der Waals surface area contributed by atoms with Crippen LogP contribution >= 0.6 is 0 Å². The number of nitrogens with zero attached hydrogens (tertiary/aromatic N) is 4. The first-order chi connectivity index (χ1) is 16.7. The first kappa shape index (κ1) is 22.3. The van der Waals surface area contributed by atoms with Crippen molar-refractivity contribution in [3.05, 3.63) is 84.8 Å². The van der Waals surface area contributed by atoms with Gasteiger partial charge in [0.2, 0.25) is 0 Å². The maximum Gasteiger partial charge on any atom is 0.275 e. The van der Waals surface area contributed by atoms with E-state index in [4.69, 9.17) is 0 Å². The van der Waals surface area contributed by atoms with Crippen LogP contribution in [0.4, 0.5) is 5.69 Å². The van der Waals surface area contributed by atoms with E-state index in [0.717, 1.165) is 41.6 Å². The van der Waals surface area contributed by atoms with Gasteiger partial charge in [0, 0.05) is 36.1 Å². The molecule has 0 spiro atoms. The lowest BCUT2D eigenvalue weighted by Gasteiger charge is -2.38. The number of piperidine rings is 1. The molecule has 0 atom stereocenters. The van der Waals surface area contributed by atoms with E-state index >= 15 is 0 Å². The van der Waals surface area contributed by atoms with E-state index in [2.05, 4.69) is 43.8 Å². The van der Waals surface area contributed by atoms with Crippen molar-refractivity contribution in [3.63, 3.8) is 0 Å². The summed E-state index contributed by atoms with van der Waals surface area (Å²) >= 11 is 0. The molecule has 0 saturated carbocycles. The Morgan fingerprint density at radius 2 is 1.62 bits per heavy atom. The van der Waals surface area contributed by atoms with E-state index in [1.165, 1.54) is 45.0 Å². The third-order valence-corrected chi connectivity index (χ3v) is 6.92. The van der Waals surface area contributed by atoms with Crippen molar-refractivity contribution >= 4 is 17.3 Å². The number of benzene rings is 2. The zero-order chi connectivity index (χ0) is 23.3. The average molecular weight is 454 g/mol. The Morgan fingerprint density at radius 1 is 0.912 bits per heavy atom. The van der Waals surface area contributed by atoms with Crippen LogP contribution in [0, 0.1) is 0 Å². The second-order valence-corrected chi connectivity index (χ2v) is 9.10. The molecule has 3 heterocycles. The quantitative estimate of drug-likeness (QED) is 0.574. The summed E-state index contributed by atoms with van der Waals surface area (Å²) < 4.78 is 0. The van der Waals surface area contributed by atoms with Gasteiger partial charge in [0.25, 0.3) is 5.91 Å². The molecule has 2 aromatic carbocycles. The van der Waals surface area contributed by atoms with Crippen LogP contribution in [0.2, 0.25) is 0 Å². The SMILES string of the molecule is C=C(c1ccc(-c2cncc(C(=O)Nc3ccccc3)n2)cc1)N1CCC(N2CCCC2)CC1. The van der Waals surface area contributed by atoms with Crippen LogP contribution in [0.1, 0.15) is 41.7 Å². The van der Waals surface area contributed by atoms with E-state index in [1.807, 2.05) is 42.5 Å². The molecule has 1 N–H and O–H groups in total. The Kier molecular flexibility index (Phi) is 6.67. The summed E-state index contributed by atoms with van der Waals surface area (Å²) in [5, 5.41) is 2.86. The van der Waals surface area contributed by atoms with Crippen LogP contribution < -0.4 is 5.32 Å². The number of likely N-dealkylation sites (tertiary alicyclic amines) is 2. The van der Waals surface area contributed by atoms with Gasteiger partial charge in [-0.3, -0.25) is 9.78 Å². The molecule has 1 aromatic heterocycles. The Labute approximate surface area is 201 Å². The third-order valence-electron chi connectivity index (χ3n) is 6.92. The van der Waals surface area contributed by atoms with Gasteiger partial charge in [0.1, 0.15) is 5.69 Å². The highest BCUT2D eigenvalue weighted by atomic mass is 16.1. The van der Waals surface area contributed by atoms with E-state index in [-0.39, 0.29) is 11.6 Å². The number of amides is 1. The van der Waals surface area contributed by atoms with Crippen molar-refractivity contribution in [1.82, 2.24) is 19.8 Å². The summed E-state index contributed by atoms with van der Waals surface area (Å²) in [4.78, 5) is 26.5. The zero-order valence-electron chi connectivity index (χ0n) is 19.5. The monoisotopic (exact) mass is 453 g/mol. The lowest BCUT2D eigenvalue weighted by atomic mass is 10.0. The van der Waals surface area contributed by atoms with Gasteiger partial charge < -0.3 is 15.1 Å². The number of para-hydroxylation sites is 1. The second kappa shape index (κ2) is 10.2. The Bertz CT molecular complexity index is 1130. The first-order valence-electron chi connectivity index (χ1n) is 12.1. The molecule has 6 heteroatoms. The van der Waals surface area contributed by atoms with Crippen LogP contribution in [0.5, 0.6) is 0 Å². The van der Waals surface area contributed by atoms with Crippen molar-refractivity contribution in [2.45, 2.75) is 31.7 Å². The van der Waals surface area contributed by atoms with Crippen molar-refractivity contribution in [2.75, 3.05) is 31.5 Å². The van der Waals surface area contributed by atoms with Gasteiger partial charge in [-0.25, -0.2) is 4.98 Å². The van der Waals surface area contributed by atoms with Gasteiger partial charge in [0.15, 0.2) is 0 Å². The molecule has 6 nitrogen and oxygen atoms in total. The third kappa shape index (κ3) is 5.02. The molecule has 34 heavy (non-hydrogen) atoms. The summed E-state index contributed by atoms with van der Waals surface area (Å²) in [6, 6.07) is 18.3. The fourth-order valence-electron chi connectivity index (χ4n) is 4.95. The van der Waals surface area contributed by atoms with Gasteiger partial charge in [0.05, 0.1) is 18.1 Å². The molecule has 2 saturated heterocycles. The molecule has 2 aliphatic heterocycles. The van der Waals surface area contributed by atoms with Crippen molar-refractivity contribution in [2.24, 2.45) is 0 Å². The number of aromatic nitrogens is 2. The molecule has 5 rings (SSSR count). The maximum absolute atomic E-state index is 12.6. The largest absolute Gasteiger partial charge is 0.371 e. The number of anilines is 1. The van der Waals surface area contributed by atoms with Gasteiger partial charge >= 0.3 is 0 Å². The first-order valence-corrected chi connectivity index (χ1v) is 12.1. The van der Waals surface area contributed by atoms with Crippen molar-refractivity contribution in [3.8, 4) is 11.3 Å². The lowest BCUT2D eigenvalue weighted by molar-refractivity contribution is 0.102. The van der Waals surface area contributed by atoms with Crippen LogP contribution in [0.15, 0.2) is 73.6 Å². The van der Waals surface area contributed by atoms with E-state index in [9.17, 15) is 4.79 Å². The van der Waals surface area contributed by atoms with Gasteiger partial charge in [-0.15, -0.1) is 0 Å². The highest BCUT2D eigenvalue weighted by Crippen LogP contribution is 2.27. The van der Waals surface area contributed by atoms with E-state index in [0.29, 0.717) is 5.69 Å². The van der Waals surface area contributed by atoms with Crippen LogP contribution in [-0.2, 0) is 0 Å². The molecular formula is C28H31N5O. The summed E-state index contributed by atoms with van der Waals surface area (Å²) in [5.74, 6) is -0.275. The van der Waals surface area contributed by atoms with Crippen molar-refractivity contribution in [1.29, 1.82) is 0 Å². The molecule has 2 fully saturated rings. The zero-order valence-corrected chi connectivity index (χ0v) is 19.5. The van der Waals surface area contributed by atoms with Gasteiger partial charge in [-0.05, 0) is 56.5 Å². The lowest BCUT2D eigenvalue weighted by Crippen LogP contribution is -2.42. The maximum atomic E-state index is 12.6. The highest BCUT2D eigenvalue weighted by molar-refractivity contribution is 6.02. The number of carbonyl (C=O) groups excluding carboxylic acids is 1. The number of hydrogen-bond donors (Lipinski definition) is 1. The van der Waals surface area contributed by atoms with Crippen LogP contribution in [0.25, 0.3) is 17.0 Å². The summed E-state index contributed by atoms with van der Waals surface area (Å²) in [5.41, 5.74) is 4.81. The van der Waals surface area contributed by atoms with Crippen molar-refractivity contribution < 1.29 is 4.79 Å². The molecule has 0 bridgehead atoms. The second-order valence-electron chi connectivity index (χ2n) is 9.10. The molecule has 2 aliphatic rings. The Hall–Kier alpha value is -3.51. The number of carbonyl (C=O) groups is 1. The molecule has 3 aromatic rings. The molecule has 0 aliphatic carbocycles. The molecule has 174 valence electrons. The minimum Gasteiger partial charge on any atom is -0.371 e.